The van der Waals surface area contributed by atoms with Gasteiger partial charge in [0, 0.05) is 25.0 Å². The number of carbonyl (C=O) groups excluding carboxylic acids is 2. The molecule has 2 heterocycles. The third-order valence-electron chi connectivity index (χ3n) is 7.79. The Morgan fingerprint density at radius 1 is 0.912 bits per heavy atom. The molecule has 4 nitrogen and oxygen atoms in total. The molecular weight excluding hydrogens is 444 g/mol. The largest absolute Gasteiger partial charge is 0.353 e. The van der Waals surface area contributed by atoms with Crippen LogP contribution in [0.5, 0.6) is 0 Å². The van der Waals surface area contributed by atoms with E-state index in [2.05, 4.69) is 29.6 Å². The number of alkyl halides is 1. The van der Waals surface area contributed by atoms with Gasteiger partial charge in [-0.3, -0.25) is 9.59 Å². The van der Waals surface area contributed by atoms with Gasteiger partial charge >= 0.3 is 0 Å². The Bertz CT molecular complexity index is 1110. The fourth-order valence-corrected chi connectivity index (χ4v) is 6.08. The van der Waals surface area contributed by atoms with Crippen LogP contribution in [0.1, 0.15) is 51.7 Å². The molecule has 2 aliphatic heterocycles. The zero-order valence-corrected chi connectivity index (χ0v) is 20.0. The molecule has 2 amide bonds. The number of nitrogens with one attached hydrogen (secondary N) is 1. The van der Waals surface area contributed by atoms with E-state index in [4.69, 9.17) is 11.6 Å². The highest BCUT2D eigenvalue weighted by atomic mass is 35.5. The molecule has 3 fully saturated rings. The Labute approximate surface area is 205 Å². The molecule has 1 aliphatic carbocycles. The number of halogens is 1. The second kappa shape index (κ2) is 9.27. The molecule has 0 aromatic heterocycles. The van der Waals surface area contributed by atoms with E-state index in [9.17, 15) is 9.59 Å². The first-order chi connectivity index (χ1) is 16.5. The average Bonchev–Trinajstić information content (AvgIpc) is 3.15. The number of benzene rings is 3. The average molecular weight is 473 g/mol. The zero-order chi connectivity index (χ0) is 23.7. The normalized spacial score (nSPS) is 25.9. The van der Waals surface area contributed by atoms with Gasteiger partial charge in [-0.2, -0.15) is 0 Å². The minimum absolute atomic E-state index is 0.0246. The first-order valence-electron chi connectivity index (χ1n) is 11.8. The third kappa shape index (κ3) is 4.01. The SMILES string of the molecule is CN(C(=O)c1ccc(CCl)cc1)C12CNC(=O)C(C(c3ccccc3)C1)C(c1ccccc1)C2. The number of rotatable bonds is 5. The van der Waals surface area contributed by atoms with E-state index in [1.807, 2.05) is 72.6 Å². The number of hydrogen-bond donors (Lipinski definition) is 1. The molecule has 6 rings (SSSR count). The van der Waals surface area contributed by atoms with Gasteiger partial charge < -0.3 is 10.2 Å². The molecule has 1 saturated carbocycles. The predicted octanol–water partition coefficient (Wildman–Crippen LogP) is 5.34. The van der Waals surface area contributed by atoms with Crippen molar-refractivity contribution < 1.29 is 9.59 Å². The van der Waals surface area contributed by atoms with Crippen molar-refractivity contribution in [1.82, 2.24) is 10.2 Å². The van der Waals surface area contributed by atoms with E-state index in [-0.39, 0.29) is 29.6 Å². The Hall–Kier alpha value is -3.11. The van der Waals surface area contributed by atoms with Crippen molar-refractivity contribution in [3.05, 3.63) is 107 Å². The summed E-state index contributed by atoms with van der Waals surface area (Å²) in [7, 11) is 1.89. The van der Waals surface area contributed by atoms with E-state index in [1.165, 1.54) is 0 Å². The summed E-state index contributed by atoms with van der Waals surface area (Å²) in [6, 6.07) is 28.1. The van der Waals surface area contributed by atoms with Gasteiger partial charge in [0.05, 0.1) is 11.5 Å². The van der Waals surface area contributed by atoms with Crippen LogP contribution in [0.2, 0.25) is 0 Å². The molecule has 2 atom stereocenters. The molecule has 0 radical (unpaired) electrons. The van der Waals surface area contributed by atoms with Crippen LogP contribution in [0.25, 0.3) is 0 Å². The molecule has 5 heteroatoms. The molecule has 3 aromatic rings. The number of likely N-dealkylation sites (N-methyl/N-ethyl adjacent to an activating group) is 1. The van der Waals surface area contributed by atoms with Gasteiger partial charge in [0.25, 0.3) is 5.91 Å². The summed E-state index contributed by atoms with van der Waals surface area (Å²) in [5.74, 6) is 0.336. The van der Waals surface area contributed by atoms with Crippen LogP contribution in [-0.2, 0) is 10.7 Å². The first-order valence-corrected chi connectivity index (χ1v) is 12.4. The summed E-state index contributed by atoms with van der Waals surface area (Å²) in [4.78, 5) is 29.1. The molecule has 2 bridgehead atoms. The van der Waals surface area contributed by atoms with Crippen molar-refractivity contribution in [3.8, 4) is 0 Å². The fraction of sp³-hybridized carbons (Fsp3) is 0.310. The van der Waals surface area contributed by atoms with Crippen LogP contribution < -0.4 is 5.32 Å². The lowest BCUT2D eigenvalue weighted by Crippen LogP contribution is -2.57. The van der Waals surface area contributed by atoms with E-state index >= 15 is 0 Å². The first kappa shape index (κ1) is 22.7. The molecule has 3 aliphatic rings. The van der Waals surface area contributed by atoms with Gasteiger partial charge in [-0.1, -0.05) is 72.8 Å². The van der Waals surface area contributed by atoms with E-state index in [0.29, 0.717) is 18.0 Å². The van der Waals surface area contributed by atoms with Crippen molar-refractivity contribution in [1.29, 1.82) is 0 Å². The quantitative estimate of drug-likeness (QED) is 0.509. The van der Waals surface area contributed by atoms with Gasteiger partial charge in [-0.25, -0.2) is 0 Å². The standard InChI is InChI=1S/C29H29ClN2O2/c1-32(28(34)23-14-12-20(18-30)13-15-23)29-16-24(21-8-4-2-5-9-21)26(27(33)31-19-29)25(17-29)22-10-6-3-7-11-22/h2-15,24-26H,16-19H2,1H3,(H,31,33). The summed E-state index contributed by atoms with van der Waals surface area (Å²) in [6.45, 7) is 0.455. The molecule has 2 saturated heterocycles. The molecule has 3 aromatic carbocycles. The number of hydrogen-bond acceptors (Lipinski definition) is 2. The third-order valence-corrected chi connectivity index (χ3v) is 8.10. The van der Waals surface area contributed by atoms with Crippen molar-refractivity contribution in [2.24, 2.45) is 5.92 Å². The van der Waals surface area contributed by atoms with Crippen LogP contribution in [-0.4, -0.2) is 35.8 Å². The predicted molar refractivity (Wildman–Crippen MR) is 135 cm³/mol. The van der Waals surface area contributed by atoms with Crippen LogP contribution >= 0.6 is 11.6 Å². The Balaban J connectivity index is 1.58. The van der Waals surface area contributed by atoms with Gasteiger partial charge in [-0.15, -0.1) is 11.6 Å². The second-order valence-electron chi connectivity index (χ2n) is 9.61. The van der Waals surface area contributed by atoms with Gasteiger partial charge in [0.1, 0.15) is 0 Å². The van der Waals surface area contributed by atoms with Crippen molar-refractivity contribution >= 4 is 23.4 Å². The zero-order valence-electron chi connectivity index (χ0n) is 19.3. The van der Waals surface area contributed by atoms with Crippen molar-refractivity contribution in [3.63, 3.8) is 0 Å². The van der Waals surface area contributed by atoms with Crippen molar-refractivity contribution in [2.45, 2.75) is 36.1 Å². The highest BCUT2D eigenvalue weighted by molar-refractivity contribution is 6.17. The summed E-state index contributed by atoms with van der Waals surface area (Å²) < 4.78 is 0. The maximum atomic E-state index is 13.7. The lowest BCUT2D eigenvalue weighted by Gasteiger charge is -2.49. The lowest BCUT2D eigenvalue weighted by atomic mass is 9.61. The summed E-state index contributed by atoms with van der Waals surface area (Å²) in [6.07, 6.45) is 1.48. The Kier molecular flexibility index (Phi) is 6.18. The minimum Gasteiger partial charge on any atom is -0.353 e. The molecule has 34 heavy (non-hydrogen) atoms. The second-order valence-corrected chi connectivity index (χ2v) is 9.87. The van der Waals surface area contributed by atoms with E-state index in [1.54, 1.807) is 0 Å². The number of fused-ring (bicyclic) bond motifs is 4. The summed E-state index contributed by atoms with van der Waals surface area (Å²) in [5, 5.41) is 3.20. The van der Waals surface area contributed by atoms with E-state index in [0.717, 1.165) is 29.5 Å². The van der Waals surface area contributed by atoms with Gasteiger partial charge in [-0.05, 0) is 53.5 Å². The number of carbonyl (C=O) groups is 2. The molecule has 174 valence electrons. The van der Waals surface area contributed by atoms with Crippen LogP contribution in [0.3, 0.4) is 0 Å². The van der Waals surface area contributed by atoms with Gasteiger partial charge in [0.15, 0.2) is 0 Å². The molecular formula is C29H29ClN2O2. The van der Waals surface area contributed by atoms with Crippen LogP contribution in [0.4, 0.5) is 0 Å². The Morgan fingerprint density at radius 2 is 1.44 bits per heavy atom. The molecule has 0 spiro atoms. The van der Waals surface area contributed by atoms with Crippen molar-refractivity contribution in [2.75, 3.05) is 13.6 Å². The van der Waals surface area contributed by atoms with Crippen LogP contribution in [0, 0.1) is 5.92 Å². The number of amides is 2. The highest BCUT2D eigenvalue weighted by Gasteiger charge is 2.55. The maximum absolute atomic E-state index is 13.7. The summed E-state index contributed by atoms with van der Waals surface area (Å²) >= 11 is 5.94. The summed E-state index contributed by atoms with van der Waals surface area (Å²) in [5.41, 5.74) is 3.43. The molecule has 2 unspecified atom stereocenters. The fourth-order valence-electron chi connectivity index (χ4n) is 5.90. The van der Waals surface area contributed by atoms with Gasteiger partial charge in [0.2, 0.25) is 5.91 Å². The topological polar surface area (TPSA) is 49.4 Å². The van der Waals surface area contributed by atoms with E-state index < -0.39 is 5.54 Å². The maximum Gasteiger partial charge on any atom is 0.254 e. The van der Waals surface area contributed by atoms with Crippen LogP contribution in [0.15, 0.2) is 84.9 Å². The Morgan fingerprint density at radius 3 is 1.94 bits per heavy atom. The molecule has 1 N–H and O–H groups in total. The highest BCUT2D eigenvalue weighted by Crippen LogP contribution is 2.53. The lowest BCUT2D eigenvalue weighted by molar-refractivity contribution is -0.125. The number of nitrogens with zero attached hydrogens (tertiary/aromatic N) is 1. The monoisotopic (exact) mass is 472 g/mol. The smallest absolute Gasteiger partial charge is 0.254 e. The minimum atomic E-state index is -0.494.